The van der Waals surface area contributed by atoms with Crippen LogP contribution in [0.1, 0.15) is 15.9 Å². The van der Waals surface area contributed by atoms with E-state index in [0.717, 1.165) is 5.56 Å². The highest BCUT2D eigenvalue weighted by Gasteiger charge is 2.16. The zero-order valence-electron chi connectivity index (χ0n) is 13.6. The fraction of sp³-hybridized carbons (Fsp3) is 0.167. The summed E-state index contributed by atoms with van der Waals surface area (Å²) in [6, 6.07) is 16.9. The maximum Gasteiger partial charge on any atom is 0.256 e. The second-order valence-electron chi connectivity index (χ2n) is 5.02. The van der Waals surface area contributed by atoms with E-state index in [1.54, 1.807) is 30.1 Å². The first-order chi connectivity index (χ1) is 11.7. The van der Waals surface area contributed by atoms with Crippen molar-refractivity contribution >= 4 is 28.5 Å². The lowest BCUT2D eigenvalue weighted by Crippen LogP contribution is -2.26. The molecule has 1 N–H and O–H groups in total. The molecule has 0 aliphatic rings. The molecular weight excluding hydrogens is 320 g/mol. The molecule has 0 saturated carbocycles. The number of amidine groups is 1. The minimum atomic E-state index is -0.115. The summed E-state index contributed by atoms with van der Waals surface area (Å²) in [4.78, 5) is 18.8. The van der Waals surface area contributed by atoms with Gasteiger partial charge in [0.05, 0.1) is 11.3 Å². The number of rotatable bonds is 4. The molecule has 0 fully saturated rings. The number of carbonyl (C=O) groups excluding carboxylic acids is 1. The Morgan fingerprint density at radius 3 is 2.54 bits per heavy atom. The Kier molecular flexibility index (Phi) is 6.41. The lowest BCUT2D eigenvalue weighted by Gasteiger charge is -2.18. The van der Waals surface area contributed by atoms with Crippen molar-refractivity contribution in [2.75, 3.05) is 13.3 Å². The molecule has 0 aliphatic heterocycles. The van der Waals surface area contributed by atoms with Gasteiger partial charge in [0.25, 0.3) is 5.91 Å². The molecule has 0 aliphatic carbocycles. The van der Waals surface area contributed by atoms with E-state index >= 15 is 0 Å². The molecule has 0 unspecified atom stereocenters. The maximum absolute atomic E-state index is 12.8. The molecule has 5 nitrogen and oxygen atoms in total. The number of nitriles is 1. The Morgan fingerprint density at radius 1 is 1.21 bits per heavy atom. The van der Waals surface area contributed by atoms with Gasteiger partial charge in [-0.2, -0.15) is 5.26 Å². The summed E-state index contributed by atoms with van der Waals surface area (Å²) in [5.74, 6) is -0.115. The van der Waals surface area contributed by atoms with Crippen LogP contribution in [-0.2, 0) is 6.54 Å². The average Bonchev–Trinajstić information content (AvgIpc) is 2.62. The first-order valence-electron chi connectivity index (χ1n) is 7.32. The van der Waals surface area contributed by atoms with Gasteiger partial charge in [0, 0.05) is 13.6 Å². The van der Waals surface area contributed by atoms with Gasteiger partial charge in [-0.3, -0.25) is 10.1 Å². The van der Waals surface area contributed by atoms with Crippen molar-refractivity contribution in [2.24, 2.45) is 4.99 Å². The lowest BCUT2D eigenvalue weighted by molar-refractivity contribution is 0.0786. The van der Waals surface area contributed by atoms with Gasteiger partial charge in [0.1, 0.15) is 0 Å². The Hall–Kier alpha value is -2.78. The van der Waals surface area contributed by atoms with E-state index in [2.05, 4.69) is 10.3 Å². The Bertz CT molecular complexity index is 768. The van der Waals surface area contributed by atoms with Gasteiger partial charge >= 0.3 is 0 Å². The monoisotopic (exact) mass is 338 g/mol. The zero-order chi connectivity index (χ0) is 17.4. The second kappa shape index (κ2) is 8.75. The van der Waals surface area contributed by atoms with E-state index in [1.165, 1.54) is 11.8 Å². The molecule has 0 heterocycles. The summed E-state index contributed by atoms with van der Waals surface area (Å²) >= 11 is 1.31. The summed E-state index contributed by atoms with van der Waals surface area (Å²) in [6.07, 6.45) is 3.66. The summed E-state index contributed by atoms with van der Waals surface area (Å²) in [5.41, 5.74) is 2.10. The third-order valence-electron chi connectivity index (χ3n) is 3.32. The standard InChI is InChI=1S/C18H18N4OS/c1-22(12-14-8-4-3-5-9-14)17(23)15-10-6-7-11-16(15)21-18(24-2)20-13-19/h3-11H,12H2,1-2H3,(H,20,21). The van der Waals surface area contributed by atoms with Gasteiger partial charge in [-0.25, -0.2) is 4.99 Å². The first kappa shape index (κ1) is 17.6. The van der Waals surface area contributed by atoms with Crippen molar-refractivity contribution in [3.63, 3.8) is 0 Å². The number of aliphatic imine (C=N–C) groups is 1. The molecule has 2 rings (SSSR count). The number of carbonyl (C=O) groups is 1. The molecule has 0 aromatic heterocycles. The average molecular weight is 338 g/mol. The van der Waals surface area contributed by atoms with Crippen molar-refractivity contribution in [1.82, 2.24) is 10.2 Å². The minimum absolute atomic E-state index is 0.115. The third kappa shape index (κ3) is 4.61. The van der Waals surface area contributed by atoms with Crippen molar-refractivity contribution in [2.45, 2.75) is 6.54 Å². The fourth-order valence-corrected chi connectivity index (χ4v) is 2.51. The molecule has 24 heavy (non-hydrogen) atoms. The first-order valence-corrected chi connectivity index (χ1v) is 8.54. The minimum Gasteiger partial charge on any atom is -0.337 e. The summed E-state index contributed by atoms with van der Waals surface area (Å²) in [5, 5.41) is 11.7. The van der Waals surface area contributed by atoms with Crippen LogP contribution in [0.15, 0.2) is 59.6 Å². The molecule has 122 valence electrons. The Labute approximate surface area is 146 Å². The second-order valence-corrected chi connectivity index (χ2v) is 5.82. The zero-order valence-corrected chi connectivity index (χ0v) is 14.4. The van der Waals surface area contributed by atoms with E-state index < -0.39 is 0 Å². The SMILES string of the molecule is CSC(=Nc1ccccc1C(=O)N(C)Cc1ccccc1)NC#N. The summed E-state index contributed by atoms with van der Waals surface area (Å²) in [6.45, 7) is 0.517. The number of nitrogens with one attached hydrogen (secondary N) is 1. The van der Waals surface area contributed by atoms with Crippen LogP contribution in [0.5, 0.6) is 0 Å². The number of para-hydroxylation sites is 1. The maximum atomic E-state index is 12.8. The van der Waals surface area contributed by atoms with Gasteiger partial charge in [0.2, 0.25) is 0 Å². The quantitative estimate of drug-likeness (QED) is 0.402. The molecule has 0 radical (unpaired) electrons. The number of thioether (sulfide) groups is 1. The van der Waals surface area contributed by atoms with Crippen LogP contribution in [0, 0.1) is 11.5 Å². The molecule has 0 atom stereocenters. The fourth-order valence-electron chi connectivity index (χ4n) is 2.17. The number of nitrogens with zero attached hydrogens (tertiary/aromatic N) is 3. The molecule has 6 heteroatoms. The smallest absolute Gasteiger partial charge is 0.256 e. The topological polar surface area (TPSA) is 68.5 Å². The molecule has 2 aromatic rings. The molecule has 0 spiro atoms. The Balaban J connectivity index is 2.25. The molecule has 1 amide bonds. The normalized spacial score (nSPS) is 10.8. The van der Waals surface area contributed by atoms with Gasteiger partial charge in [-0.15, -0.1) is 0 Å². The molecule has 0 saturated heterocycles. The van der Waals surface area contributed by atoms with Crippen LogP contribution in [0.3, 0.4) is 0 Å². The van der Waals surface area contributed by atoms with Crippen LogP contribution in [0.25, 0.3) is 0 Å². The number of hydrogen-bond donors (Lipinski definition) is 1. The largest absolute Gasteiger partial charge is 0.337 e. The van der Waals surface area contributed by atoms with E-state index in [4.69, 9.17) is 5.26 Å². The number of hydrogen-bond acceptors (Lipinski definition) is 4. The predicted molar refractivity (Wildman–Crippen MR) is 98.0 cm³/mol. The van der Waals surface area contributed by atoms with Crippen LogP contribution in [0.4, 0.5) is 5.69 Å². The van der Waals surface area contributed by atoms with E-state index in [-0.39, 0.29) is 5.91 Å². The summed E-state index contributed by atoms with van der Waals surface area (Å²) < 4.78 is 0. The third-order valence-corrected chi connectivity index (χ3v) is 3.90. The van der Waals surface area contributed by atoms with Gasteiger partial charge in [0.15, 0.2) is 11.4 Å². The highest BCUT2D eigenvalue weighted by atomic mass is 32.2. The van der Waals surface area contributed by atoms with Crippen molar-refractivity contribution in [1.29, 1.82) is 5.26 Å². The van der Waals surface area contributed by atoms with Crippen molar-refractivity contribution in [3.05, 3.63) is 65.7 Å². The predicted octanol–water partition coefficient (Wildman–Crippen LogP) is 3.38. The lowest BCUT2D eigenvalue weighted by atomic mass is 10.1. The van der Waals surface area contributed by atoms with E-state index in [9.17, 15) is 4.79 Å². The van der Waals surface area contributed by atoms with Crippen LogP contribution >= 0.6 is 11.8 Å². The van der Waals surface area contributed by atoms with Crippen molar-refractivity contribution in [3.8, 4) is 6.19 Å². The van der Waals surface area contributed by atoms with Crippen LogP contribution < -0.4 is 5.32 Å². The molecule has 2 aromatic carbocycles. The van der Waals surface area contributed by atoms with Gasteiger partial charge < -0.3 is 4.90 Å². The highest BCUT2D eigenvalue weighted by Crippen LogP contribution is 2.22. The number of benzene rings is 2. The van der Waals surface area contributed by atoms with Gasteiger partial charge in [-0.1, -0.05) is 54.2 Å². The highest BCUT2D eigenvalue weighted by molar-refractivity contribution is 8.13. The molecular formula is C18H18N4OS. The van der Waals surface area contributed by atoms with Crippen molar-refractivity contribution < 1.29 is 4.79 Å². The van der Waals surface area contributed by atoms with E-state index in [1.807, 2.05) is 48.8 Å². The van der Waals surface area contributed by atoms with Crippen LogP contribution in [-0.4, -0.2) is 29.3 Å². The Morgan fingerprint density at radius 2 is 1.88 bits per heavy atom. The van der Waals surface area contributed by atoms with E-state index in [0.29, 0.717) is 23.0 Å². The van der Waals surface area contributed by atoms with Crippen LogP contribution in [0.2, 0.25) is 0 Å². The molecule has 0 bridgehead atoms. The summed E-state index contributed by atoms with van der Waals surface area (Å²) in [7, 11) is 1.76. The number of amides is 1. The van der Waals surface area contributed by atoms with Gasteiger partial charge in [-0.05, 0) is 24.0 Å².